The highest BCUT2D eigenvalue weighted by molar-refractivity contribution is 6.04. The fourth-order valence-corrected chi connectivity index (χ4v) is 4.17. The van der Waals surface area contributed by atoms with Crippen molar-refractivity contribution in [3.05, 3.63) is 66.7 Å². The Hall–Kier alpha value is -3.05. The number of benzene rings is 3. The number of ether oxygens (including phenoxy) is 1. The van der Waals surface area contributed by atoms with Gasteiger partial charge in [0, 0.05) is 49.9 Å². The summed E-state index contributed by atoms with van der Waals surface area (Å²) in [5, 5.41) is 2.28. The minimum absolute atomic E-state index is 0.156. The van der Waals surface area contributed by atoms with Crippen LogP contribution in [0.2, 0.25) is 0 Å². The van der Waals surface area contributed by atoms with Crippen molar-refractivity contribution < 1.29 is 9.53 Å². The van der Waals surface area contributed by atoms with Crippen LogP contribution in [0, 0.1) is 0 Å². The molecule has 0 aliphatic carbocycles. The second-order valence-corrected chi connectivity index (χ2v) is 7.60. The number of hydrogen-bond acceptors (Lipinski definition) is 4. The standard InChI is InChI=1S/C25H29N3O2/c1-3-28(24-13-6-9-20-8-4-5-12-23(20)24)25(29)19-26-14-16-27(17-15-26)21-10-7-11-22(18-21)30-2/h4-13,18H,3,14-17,19H2,1-2H3. The molecule has 1 aliphatic heterocycles. The topological polar surface area (TPSA) is 36.0 Å². The van der Waals surface area contributed by atoms with Crippen molar-refractivity contribution in [1.29, 1.82) is 0 Å². The van der Waals surface area contributed by atoms with Crippen molar-refractivity contribution in [1.82, 2.24) is 4.90 Å². The van der Waals surface area contributed by atoms with E-state index < -0.39 is 0 Å². The first kappa shape index (κ1) is 20.2. The van der Waals surface area contributed by atoms with Crippen molar-refractivity contribution in [2.45, 2.75) is 6.92 Å². The van der Waals surface area contributed by atoms with Gasteiger partial charge >= 0.3 is 0 Å². The molecule has 1 heterocycles. The van der Waals surface area contributed by atoms with Crippen LogP contribution >= 0.6 is 0 Å². The molecule has 0 unspecified atom stereocenters. The lowest BCUT2D eigenvalue weighted by Gasteiger charge is -2.36. The number of nitrogens with zero attached hydrogens (tertiary/aromatic N) is 3. The van der Waals surface area contributed by atoms with Crippen LogP contribution in [0.15, 0.2) is 66.7 Å². The summed E-state index contributed by atoms with van der Waals surface area (Å²) >= 11 is 0. The van der Waals surface area contributed by atoms with Crippen molar-refractivity contribution in [2.75, 3.05) is 56.2 Å². The van der Waals surface area contributed by atoms with E-state index in [4.69, 9.17) is 4.74 Å². The summed E-state index contributed by atoms with van der Waals surface area (Å²) in [5.74, 6) is 1.03. The zero-order valence-electron chi connectivity index (χ0n) is 17.8. The van der Waals surface area contributed by atoms with E-state index in [1.165, 1.54) is 5.69 Å². The van der Waals surface area contributed by atoms with Crippen LogP contribution in [0.3, 0.4) is 0 Å². The average Bonchev–Trinajstić information content (AvgIpc) is 2.80. The Morgan fingerprint density at radius 1 is 0.967 bits per heavy atom. The largest absolute Gasteiger partial charge is 0.497 e. The second-order valence-electron chi connectivity index (χ2n) is 7.60. The first-order chi connectivity index (χ1) is 14.7. The number of piperazine rings is 1. The molecular formula is C25H29N3O2. The van der Waals surface area contributed by atoms with E-state index >= 15 is 0 Å². The SMILES string of the molecule is CCN(C(=O)CN1CCN(c2cccc(OC)c2)CC1)c1cccc2ccccc12. The van der Waals surface area contributed by atoms with Crippen LogP contribution in [-0.2, 0) is 4.79 Å². The third kappa shape index (κ3) is 4.26. The lowest BCUT2D eigenvalue weighted by Crippen LogP contribution is -2.50. The van der Waals surface area contributed by atoms with Gasteiger partial charge in [-0.05, 0) is 30.5 Å². The van der Waals surface area contributed by atoms with E-state index in [1.54, 1.807) is 7.11 Å². The van der Waals surface area contributed by atoms with Gasteiger partial charge in [0.1, 0.15) is 5.75 Å². The molecule has 1 saturated heterocycles. The third-order valence-corrected chi connectivity index (χ3v) is 5.82. The maximum atomic E-state index is 13.2. The van der Waals surface area contributed by atoms with Crippen molar-refractivity contribution in [2.24, 2.45) is 0 Å². The van der Waals surface area contributed by atoms with Crippen LogP contribution in [0.25, 0.3) is 10.8 Å². The quantitative estimate of drug-likeness (QED) is 0.623. The van der Waals surface area contributed by atoms with Crippen LogP contribution in [0.5, 0.6) is 5.75 Å². The Labute approximate surface area is 178 Å². The lowest BCUT2D eigenvalue weighted by molar-refractivity contribution is -0.119. The Kier molecular flexibility index (Phi) is 6.19. The summed E-state index contributed by atoms with van der Waals surface area (Å²) in [5.41, 5.74) is 2.17. The Bertz CT molecular complexity index is 1010. The Morgan fingerprint density at radius 2 is 1.70 bits per heavy atom. The molecule has 156 valence electrons. The van der Waals surface area contributed by atoms with Gasteiger partial charge in [-0.25, -0.2) is 0 Å². The molecule has 0 bridgehead atoms. The summed E-state index contributed by atoms with van der Waals surface area (Å²) in [7, 11) is 1.69. The van der Waals surface area contributed by atoms with Gasteiger partial charge in [0.15, 0.2) is 0 Å². The van der Waals surface area contributed by atoms with E-state index in [0.717, 1.165) is 48.4 Å². The molecule has 30 heavy (non-hydrogen) atoms. The van der Waals surface area contributed by atoms with E-state index in [1.807, 2.05) is 48.2 Å². The predicted octanol–water partition coefficient (Wildman–Crippen LogP) is 4.02. The van der Waals surface area contributed by atoms with Gasteiger partial charge in [-0.3, -0.25) is 9.69 Å². The number of likely N-dealkylation sites (N-methyl/N-ethyl adjacent to an activating group) is 1. The first-order valence-electron chi connectivity index (χ1n) is 10.6. The molecule has 0 atom stereocenters. The summed E-state index contributed by atoms with van der Waals surface area (Å²) < 4.78 is 5.34. The fraction of sp³-hybridized carbons (Fsp3) is 0.320. The molecule has 5 nitrogen and oxygen atoms in total. The Morgan fingerprint density at radius 3 is 2.47 bits per heavy atom. The number of rotatable bonds is 6. The minimum Gasteiger partial charge on any atom is -0.497 e. The molecule has 0 aromatic heterocycles. The molecule has 0 spiro atoms. The highest BCUT2D eigenvalue weighted by Crippen LogP contribution is 2.27. The number of methoxy groups -OCH3 is 1. The maximum absolute atomic E-state index is 13.2. The van der Waals surface area contributed by atoms with E-state index in [9.17, 15) is 4.79 Å². The number of carbonyl (C=O) groups is 1. The zero-order valence-corrected chi connectivity index (χ0v) is 17.8. The van der Waals surface area contributed by atoms with Gasteiger partial charge in [-0.2, -0.15) is 0 Å². The predicted molar refractivity (Wildman–Crippen MR) is 124 cm³/mol. The van der Waals surface area contributed by atoms with E-state index in [0.29, 0.717) is 13.1 Å². The fourth-order valence-electron chi connectivity index (χ4n) is 4.17. The van der Waals surface area contributed by atoms with Gasteiger partial charge < -0.3 is 14.5 Å². The number of fused-ring (bicyclic) bond motifs is 1. The lowest BCUT2D eigenvalue weighted by atomic mass is 10.1. The van der Waals surface area contributed by atoms with E-state index in [2.05, 4.69) is 40.1 Å². The van der Waals surface area contributed by atoms with Gasteiger partial charge in [0.05, 0.1) is 19.3 Å². The summed E-state index contributed by atoms with van der Waals surface area (Å²) in [6.07, 6.45) is 0. The van der Waals surface area contributed by atoms with Crippen LogP contribution in [-0.4, -0.2) is 57.2 Å². The first-order valence-corrected chi connectivity index (χ1v) is 10.6. The highest BCUT2D eigenvalue weighted by atomic mass is 16.5. The molecule has 3 aromatic rings. The second kappa shape index (κ2) is 9.18. The number of hydrogen-bond donors (Lipinski definition) is 0. The monoisotopic (exact) mass is 403 g/mol. The molecule has 0 saturated carbocycles. The smallest absolute Gasteiger partial charge is 0.241 e. The summed E-state index contributed by atoms with van der Waals surface area (Å²) in [6, 6.07) is 22.6. The molecule has 1 aliphatic rings. The van der Waals surface area contributed by atoms with Gasteiger partial charge in [-0.15, -0.1) is 0 Å². The molecule has 0 N–H and O–H groups in total. The highest BCUT2D eigenvalue weighted by Gasteiger charge is 2.23. The van der Waals surface area contributed by atoms with Gasteiger partial charge in [0.25, 0.3) is 0 Å². The van der Waals surface area contributed by atoms with Gasteiger partial charge in [0.2, 0.25) is 5.91 Å². The molecule has 1 amide bonds. The van der Waals surface area contributed by atoms with Gasteiger partial charge in [-0.1, -0.05) is 42.5 Å². The molecular weight excluding hydrogens is 374 g/mol. The maximum Gasteiger partial charge on any atom is 0.241 e. The molecule has 0 radical (unpaired) electrons. The van der Waals surface area contributed by atoms with Crippen molar-refractivity contribution in [3.8, 4) is 5.75 Å². The molecule has 4 rings (SSSR count). The minimum atomic E-state index is 0.156. The van der Waals surface area contributed by atoms with Crippen LogP contribution < -0.4 is 14.5 Å². The zero-order chi connectivity index (χ0) is 20.9. The molecule has 5 heteroatoms. The van der Waals surface area contributed by atoms with E-state index in [-0.39, 0.29) is 5.91 Å². The number of anilines is 2. The molecule has 1 fully saturated rings. The summed E-state index contributed by atoms with van der Waals surface area (Å²) in [6.45, 7) is 6.70. The molecule has 3 aromatic carbocycles. The van der Waals surface area contributed by atoms with Crippen LogP contribution in [0.4, 0.5) is 11.4 Å². The summed E-state index contributed by atoms with van der Waals surface area (Å²) in [4.78, 5) is 19.7. The average molecular weight is 404 g/mol. The normalized spacial score (nSPS) is 14.7. The Balaban J connectivity index is 1.41. The van der Waals surface area contributed by atoms with Crippen LogP contribution in [0.1, 0.15) is 6.92 Å². The van der Waals surface area contributed by atoms with Crippen molar-refractivity contribution in [3.63, 3.8) is 0 Å². The number of amides is 1. The number of carbonyl (C=O) groups excluding carboxylic acids is 1. The third-order valence-electron chi connectivity index (χ3n) is 5.82. The van der Waals surface area contributed by atoms with Crippen molar-refractivity contribution >= 4 is 28.1 Å².